The second-order valence-corrected chi connectivity index (χ2v) is 16.2. The number of nitrogens with zero attached hydrogens (tertiary/aromatic N) is 2. The Morgan fingerprint density at radius 1 is 0.829 bits per heavy atom. The van der Waals surface area contributed by atoms with Crippen LogP contribution in [-0.4, -0.2) is 95.9 Å². The third-order valence-corrected chi connectivity index (χ3v) is 13.9. The van der Waals surface area contributed by atoms with E-state index in [1.54, 1.807) is 0 Å². The summed E-state index contributed by atoms with van der Waals surface area (Å²) in [5.41, 5.74) is 0.273. The lowest BCUT2D eigenvalue weighted by Crippen LogP contribution is -2.61. The third kappa shape index (κ3) is 5.80. The van der Waals surface area contributed by atoms with Crippen molar-refractivity contribution in [1.82, 2.24) is 25.8 Å². The maximum atomic E-state index is 11.4. The molecule has 7 heteroatoms. The van der Waals surface area contributed by atoms with Crippen LogP contribution in [0.25, 0.3) is 0 Å². The molecule has 5 heterocycles. The van der Waals surface area contributed by atoms with Crippen molar-refractivity contribution in [2.45, 2.75) is 146 Å². The lowest BCUT2D eigenvalue weighted by molar-refractivity contribution is -0.155. The van der Waals surface area contributed by atoms with E-state index in [1.807, 2.05) is 0 Å². The zero-order chi connectivity index (χ0) is 28.1. The largest absolute Gasteiger partial charge is 0.378 e. The molecule has 13 unspecified atom stereocenters. The fourth-order valence-corrected chi connectivity index (χ4v) is 11.3. The summed E-state index contributed by atoms with van der Waals surface area (Å²) in [5.74, 6) is 3.40. The standard InChI is InChI=1S/C34H61N5O2/c1-34-17-32(40)39(20-23(34)18-35-21-34)26-14-13-24(36-19-26)11-12-25-8-6-7-22-15-29-28(16-30(22)37-25)27-9-4-3-5-10-31(27)38(2)33(29)41/h22-33,35-37,40-41H,3-21H2,1-2H3. The Labute approximate surface area is 249 Å². The molecule has 5 saturated heterocycles. The van der Waals surface area contributed by atoms with E-state index in [1.165, 1.54) is 89.9 Å². The number of piperidine rings is 3. The first-order valence-corrected chi connectivity index (χ1v) is 17.9. The second-order valence-electron chi connectivity index (χ2n) is 16.2. The molecule has 0 spiro atoms. The van der Waals surface area contributed by atoms with Crippen LogP contribution in [0.5, 0.6) is 0 Å². The van der Waals surface area contributed by atoms with E-state index >= 15 is 0 Å². The molecule has 5 aliphatic heterocycles. The Hall–Kier alpha value is -0.280. The molecule has 13 atom stereocenters. The molecule has 0 amide bonds. The van der Waals surface area contributed by atoms with Crippen molar-refractivity contribution in [1.29, 1.82) is 0 Å². The summed E-state index contributed by atoms with van der Waals surface area (Å²) in [6.45, 7) is 6.62. The maximum Gasteiger partial charge on any atom is 0.110 e. The highest BCUT2D eigenvalue weighted by Crippen LogP contribution is 2.51. The van der Waals surface area contributed by atoms with Gasteiger partial charge >= 0.3 is 0 Å². The van der Waals surface area contributed by atoms with Gasteiger partial charge in [-0.15, -0.1) is 0 Å². The zero-order valence-electron chi connectivity index (χ0n) is 26.2. The number of aliphatic hydroxyl groups is 2. The molecule has 0 aromatic carbocycles. The SMILES string of the molecule is CN1C(O)C2CC3CCCC(CCC4CCC(N5CC6CNCC6(C)CC5O)CN4)NC3CC2C2CCCCCC21. The topological polar surface area (TPSA) is 83.0 Å². The van der Waals surface area contributed by atoms with E-state index in [4.69, 9.17) is 0 Å². The lowest BCUT2D eigenvalue weighted by atomic mass is 9.60. The van der Waals surface area contributed by atoms with Gasteiger partial charge in [-0.2, -0.15) is 0 Å². The summed E-state index contributed by atoms with van der Waals surface area (Å²) < 4.78 is 0. The fourth-order valence-electron chi connectivity index (χ4n) is 11.3. The van der Waals surface area contributed by atoms with Crippen LogP contribution in [0.2, 0.25) is 0 Å². The van der Waals surface area contributed by atoms with Gasteiger partial charge in [0, 0.05) is 55.8 Å². The van der Waals surface area contributed by atoms with Crippen molar-refractivity contribution < 1.29 is 10.2 Å². The van der Waals surface area contributed by atoms with Gasteiger partial charge < -0.3 is 26.2 Å². The van der Waals surface area contributed by atoms with Gasteiger partial charge in [-0.25, -0.2) is 0 Å². The Bertz CT molecular complexity index is 883. The van der Waals surface area contributed by atoms with E-state index < -0.39 is 0 Å². The molecular formula is C34H61N5O2. The van der Waals surface area contributed by atoms with Crippen LogP contribution < -0.4 is 16.0 Å². The molecule has 2 aliphatic carbocycles. The maximum absolute atomic E-state index is 11.4. The smallest absolute Gasteiger partial charge is 0.110 e. The molecule has 2 saturated carbocycles. The summed E-state index contributed by atoms with van der Waals surface area (Å²) in [5, 5.41) is 34.2. The highest BCUT2D eigenvalue weighted by molar-refractivity contribution is 5.03. The number of hydrogen-bond donors (Lipinski definition) is 5. The number of rotatable bonds is 4. The minimum absolute atomic E-state index is 0.231. The highest BCUT2D eigenvalue weighted by atomic mass is 16.3. The lowest BCUT2D eigenvalue weighted by Gasteiger charge is -2.55. The van der Waals surface area contributed by atoms with Crippen LogP contribution in [0.3, 0.4) is 0 Å². The number of aliphatic hydroxyl groups excluding tert-OH is 2. The minimum Gasteiger partial charge on any atom is -0.378 e. The van der Waals surface area contributed by atoms with Crippen molar-refractivity contribution in [3.05, 3.63) is 0 Å². The summed E-state index contributed by atoms with van der Waals surface area (Å²) in [6.07, 6.45) is 18.7. The van der Waals surface area contributed by atoms with Crippen molar-refractivity contribution >= 4 is 0 Å². The first-order chi connectivity index (χ1) is 19.9. The first kappa shape index (κ1) is 29.4. The average molecular weight is 572 g/mol. The van der Waals surface area contributed by atoms with E-state index in [2.05, 4.69) is 39.7 Å². The highest BCUT2D eigenvalue weighted by Gasteiger charge is 2.52. The minimum atomic E-state index is -0.281. The van der Waals surface area contributed by atoms with Gasteiger partial charge in [0.2, 0.25) is 0 Å². The van der Waals surface area contributed by atoms with Crippen LogP contribution >= 0.6 is 0 Å². The normalized spacial score (nSPS) is 51.5. The molecule has 7 fully saturated rings. The van der Waals surface area contributed by atoms with E-state index in [0.29, 0.717) is 48.0 Å². The van der Waals surface area contributed by atoms with Crippen LogP contribution in [0.4, 0.5) is 0 Å². The summed E-state index contributed by atoms with van der Waals surface area (Å²) in [6, 6.07) is 3.01. The molecular weight excluding hydrogens is 510 g/mol. The van der Waals surface area contributed by atoms with Crippen molar-refractivity contribution in [3.63, 3.8) is 0 Å². The molecule has 7 rings (SSSR count). The van der Waals surface area contributed by atoms with Gasteiger partial charge in [-0.3, -0.25) is 9.80 Å². The van der Waals surface area contributed by atoms with Crippen LogP contribution in [0, 0.1) is 35.0 Å². The molecule has 0 radical (unpaired) electrons. The van der Waals surface area contributed by atoms with Crippen LogP contribution in [0.15, 0.2) is 0 Å². The molecule has 0 bridgehead atoms. The zero-order valence-corrected chi connectivity index (χ0v) is 26.2. The average Bonchev–Trinajstić information content (AvgIpc) is 3.11. The summed E-state index contributed by atoms with van der Waals surface area (Å²) in [7, 11) is 2.22. The van der Waals surface area contributed by atoms with Crippen molar-refractivity contribution in [3.8, 4) is 0 Å². The van der Waals surface area contributed by atoms with E-state index in [0.717, 1.165) is 44.4 Å². The van der Waals surface area contributed by atoms with Crippen molar-refractivity contribution in [2.75, 3.05) is 33.2 Å². The Kier molecular flexibility index (Phi) is 8.79. The predicted octanol–water partition coefficient (Wildman–Crippen LogP) is 3.50. The summed E-state index contributed by atoms with van der Waals surface area (Å²) >= 11 is 0. The predicted molar refractivity (Wildman–Crippen MR) is 164 cm³/mol. The van der Waals surface area contributed by atoms with E-state index in [-0.39, 0.29) is 17.9 Å². The van der Waals surface area contributed by atoms with Gasteiger partial charge in [0.25, 0.3) is 0 Å². The molecule has 234 valence electrons. The molecule has 0 aromatic heterocycles. The Morgan fingerprint density at radius 3 is 2.54 bits per heavy atom. The van der Waals surface area contributed by atoms with Gasteiger partial charge in [-0.1, -0.05) is 32.6 Å². The fraction of sp³-hybridized carbons (Fsp3) is 1.00. The van der Waals surface area contributed by atoms with Crippen LogP contribution in [-0.2, 0) is 0 Å². The number of likely N-dealkylation sites (tertiary alicyclic amines) is 2. The number of hydrogen-bond acceptors (Lipinski definition) is 7. The van der Waals surface area contributed by atoms with Crippen LogP contribution in [0.1, 0.15) is 103 Å². The summed E-state index contributed by atoms with van der Waals surface area (Å²) in [4.78, 5) is 4.83. The van der Waals surface area contributed by atoms with Crippen molar-refractivity contribution in [2.24, 2.45) is 35.0 Å². The van der Waals surface area contributed by atoms with Gasteiger partial charge in [0.05, 0.1) is 0 Å². The quantitative estimate of drug-likeness (QED) is 0.353. The molecule has 0 aromatic rings. The monoisotopic (exact) mass is 571 g/mol. The number of fused-ring (bicyclic) bond motifs is 5. The Morgan fingerprint density at radius 2 is 1.68 bits per heavy atom. The first-order valence-electron chi connectivity index (χ1n) is 17.9. The number of nitrogens with one attached hydrogen (secondary N) is 3. The van der Waals surface area contributed by atoms with Gasteiger partial charge in [0.1, 0.15) is 12.5 Å². The molecule has 7 nitrogen and oxygen atoms in total. The molecule has 41 heavy (non-hydrogen) atoms. The second kappa shape index (κ2) is 12.3. The van der Waals surface area contributed by atoms with E-state index in [9.17, 15) is 10.2 Å². The van der Waals surface area contributed by atoms with Gasteiger partial charge in [-0.05, 0) is 113 Å². The molecule has 7 aliphatic rings. The third-order valence-electron chi connectivity index (χ3n) is 13.9. The molecule has 5 N–H and O–H groups in total. The van der Waals surface area contributed by atoms with Gasteiger partial charge in [0.15, 0.2) is 0 Å². The Balaban J connectivity index is 0.910.